The van der Waals surface area contributed by atoms with E-state index in [0.29, 0.717) is 11.7 Å². The van der Waals surface area contributed by atoms with Gasteiger partial charge in [-0.2, -0.15) is 0 Å². The molecule has 7 nitrogen and oxygen atoms in total. The van der Waals surface area contributed by atoms with Crippen LogP contribution in [0.25, 0.3) is 5.65 Å². The lowest BCUT2D eigenvalue weighted by Gasteiger charge is -2.28. The molecule has 2 aromatic heterocycles. The van der Waals surface area contributed by atoms with Crippen molar-refractivity contribution in [3.05, 3.63) is 42.2 Å². The van der Waals surface area contributed by atoms with Crippen LogP contribution in [0, 0.1) is 0 Å². The van der Waals surface area contributed by atoms with E-state index >= 15 is 0 Å². The molecule has 1 fully saturated rings. The third-order valence-electron chi connectivity index (χ3n) is 5.68. The Balaban J connectivity index is 1.63. The van der Waals surface area contributed by atoms with Gasteiger partial charge in [0.1, 0.15) is 11.6 Å². The number of nitrogens with two attached hydrogens (primary N) is 2. The fourth-order valence-corrected chi connectivity index (χ4v) is 4.03. The summed E-state index contributed by atoms with van der Waals surface area (Å²) in [5.74, 6) is 1.77. The molecule has 4 rings (SSSR count). The Morgan fingerprint density at radius 1 is 1.17 bits per heavy atom. The highest BCUT2D eigenvalue weighted by atomic mass is 16.5. The minimum Gasteiger partial charge on any atom is -0.494 e. The highest BCUT2D eigenvalue weighted by molar-refractivity contribution is 5.80. The zero-order chi connectivity index (χ0) is 20.2. The average Bonchev–Trinajstić information content (AvgIpc) is 3.19. The van der Waals surface area contributed by atoms with Crippen LogP contribution in [0.5, 0.6) is 5.75 Å². The number of imidazole rings is 1. The topological polar surface area (TPSA) is 103 Å². The van der Waals surface area contributed by atoms with Gasteiger partial charge in [-0.25, -0.2) is 9.50 Å². The molecule has 1 aromatic carbocycles. The zero-order valence-electron chi connectivity index (χ0n) is 17.0. The summed E-state index contributed by atoms with van der Waals surface area (Å²) >= 11 is 0. The lowest BCUT2D eigenvalue weighted by Crippen LogP contribution is -2.26. The van der Waals surface area contributed by atoms with Crippen LogP contribution in [0.2, 0.25) is 0 Å². The first-order chi connectivity index (χ1) is 14.2. The van der Waals surface area contributed by atoms with E-state index in [1.807, 2.05) is 30.5 Å². The normalized spacial score (nSPS) is 19.4. The van der Waals surface area contributed by atoms with E-state index in [1.165, 1.54) is 0 Å². The molecule has 0 aliphatic heterocycles. The van der Waals surface area contributed by atoms with Gasteiger partial charge in [0.05, 0.1) is 12.3 Å². The zero-order valence-corrected chi connectivity index (χ0v) is 17.0. The number of anilines is 3. The first-order valence-corrected chi connectivity index (χ1v) is 10.5. The lowest BCUT2D eigenvalue weighted by molar-refractivity contribution is 0.309. The van der Waals surface area contributed by atoms with E-state index in [1.54, 1.807) is 10.7 Å². The van der Waals surface area contributed by atoms with Crippen molar-refractivity contribution in [2.24, 2.45) is 5.73 Å². The Labute approximate surface area is 171 Å². The number of aromatic nitrogens is 3. The molecule has 0 atom stereocenters. The molecular weight excluding hydrogens is 364 g/mol. The number of nitrogens with zero attached hydrogens (tertiary/aromatic N) is 3. The minimum atomic E-state index is 0.284. The summed E-state index contributed by atoms with van der Waals surface area (Å²) in [6.45, 7) is 2.90. The number of rotatable bonds is 7. The van der Waals surface area contributed by atoms with E-state index in [0.717, 1.165) is 73.5 Å². The molecule has 7 heteroatoms. The minimum absolute atomic E-state index is 0.284. The van der Waals surface area contributed by atoms with Crippen LogP contribution in [0.15, 0.2) is 36.7 Å². The van der Waals surface area contributed by atoms with E-state index < -0.39 is 0 Å². The molecular formula is C22H30N6O. The third kappa shape index (κ3) is 4.29. The van der Waals surface area contributed by atoms with Crippen molar-refractivity contribution < 1.29 is 4.74 Å². The van der Waals surface area contributed by atoms with Crippen molar-refractivity contribution in [3.8, 4) is 5.75 Å². The first kappa shape index (κ1) is 19.5. The monoisotopic (exact) mass is 394 g/mol. The molecule has 0 bridgehead atoms. The second-order valence-electron chi connectivity index (χ2n) is 7.83. The predicted octanol–water partition coefficient (Wildman–Crippen LogP) is 4.22. The number of fused-ring (bicyclic) bond motifs is 1. The van der Waals surface area contributed by atoms with Crippen LogP contribution in [-0.2, 0) is 0 Å². The predicted molar refractivity (Wildman–Crippen MR) is 117 cm³/mol. The Kier molecular flexibility index (Phi) is 5.85. The van der Waals surface area contributed by atoms with Gasteiger partial charge in [0.15, 0.2) is 5.65 Å². The maximum atomic E-state index is 6.41. The molecule has 1 aliphatic rings. The maximum absolute atomic E-state index is 6.41. The number of unbranched alkanes of at least 4 members (excludes halogenated alkanes) is 1. The summed E-state index contributed by atoms with van der Waals surface area (Å²) in [4.78, 5) is 4.53. The van der Waals surface area contributed by atoms with Crippen LogP contribution < -0.4 is 21.5 Å². The SMILES string of the molecule is CCCCOc1ccc(Nc2c3nccn3nc(N)c2[C@H]2CC[C@H](N)CC2)cc1. The maximum Gasteiger partial charge on any atom is 0.177 e. The second kappa shape index (κ2) is 8.69. The summed E-state index contributed by atoms with van der Waals surface area (Å²) < 4.78 is 7.51. The van der Waals surface area contributed by atoms with Gasteiger partial charge in [0.2, 0.25) is 0 Å². The van der Waals surface area contributed by atoms with Crippen molar-refractivity contribution in [1.29, 1.82) is 0 Å². The van der Waals surface area contributed by atoms with Gasteiger partial charge < -0.3 is 21.5 Å². The summed E-state index contributed by atoms with van der Waals surface area (Å²) in [6.07, 6.45) is 9.80. The van der Waals surface area contributed by atoms with Gasteiger partial charge in [0.25, 0.3) is 0 Å². The molecule has 3 aromatic rings. The quantitative estimate of drug-likeness (QED) is 0.518. The average molecular weight is 395 g/mol. The molecule has 1 aliphatic carbocycles. The summed E-state index contributed by atoms with van der Waals surface area (Å²) in [5, 5.41) is 8.08. The molecule has 5 N–H and O–H groups in total. The fraction of sp³-hybridized carbons (Fsp3) is 0.455. The van der Waals surface area contributed by atoms with Crippen LogP contribution in [0.4, 0.5) is 17.2 Å². The van der Waals surface area contributed by atoms with Crippen molar-refractivity contribution in [2.45, 2.75) is 57.4 Å². The van der Waals surface area contributed by atoms with Crippen molar-refractivity contribution >= 4 is 22.8 Å². The summed E-state index contributed by atoms with van der Waals surface area (Å²) in [6, 6.07) is 8.32. The van der Waals surface area contributed by atoms with E-state index in [-0.39, 0.29) is 6.04 Å². The summed E-state index contributed by atoms with van der Waals surface area (Å²) in [5.41, 5.74) is 16.3. The van der Waals surface area contributed by atoms with Gasteiger partial charge in [-0.3, -0.25) is 0 Å². The van der Waals surface area contributed by atoms with Gasteiger partial charge >= 0.3 is 0 Å². The highest BCUT2D eigenvalue weighted by Crippen LogP contribution is 2.41. The van der Waals surface area contributed by atoms with Gasteiger partial charge in [-0.1, -0.05) is 13.3 Å². The molecule has 29 heavy (non-hydrogen) atoms. The summed E-state index contributed by atoms with van der Waals surface area (Å²) in [7, 11) is 0. The highest BCUT2D eigenvalue weighted by Gasteiger charge is 2.27. The van der Waals surface area contributed by atoms with E-state index in [4.69, 9.17) is 16.2 Å². The van der Waals surface area contributed by atoms with Crippen LogP contribution >= 0.6 is 0 Å². The smallest absolute Gasteiger partial charge is 0.177 e. The van der Waals surface area contributed by atoms with E-state index in [9.17, 15) is 0 Å². The number of benzene rings is 1. The molecule has 0 saturated heterocycles. The number of hydrogen-bond donors (Lipinski definition) is 3. The largest absolute Gasteiger partial charge is 0.494 e. The van der Waals surface area contributed by atoms with Crippen molar-refractivity contribution in [1.82, 2.24) is 14.6 Å². The van der Waals surface area contributed by atoms with Gasteiger partial charge in [0, 0.05) is 29.7 Å². The Bertz CT molecular complexity index is 944. The first-order valence-electron chi connectivity index (χ1n) is 10.5. The number of nitrogens with one attached hydrogen (secondary N) is 1. The molecule has 154 valence electrons. The lowest BCUT2D eigenvalue weighted by atomic mass is 9.81. The molecule has 2 heterocycles. The number of nitrogen functional groups attached to an aromatic ring is 1. The van der Waals surface area contributed by atoms with Crippen LogP contribution in [0.3, 0.4) is 0 Å². The molecule has 0 spiro atoms. The van der Waals surface area contributed by atoms with Crippen molar-refractivity contribution in [2.75, 3.05) is 17.7 Å². The fourth-order valence-electron chi connectivity index (χ4n) is 4.03. The third-order valence-corrected chi connectivity index (χ3v) is 5.68. The van der Waals surface area contributed by atoms with Gasteiger partial charge in [-0.05, 0) is 62.3 Å². The van der Waals surface area contributed by atoms with Crippen LogP contribution in [0.1, 0.15) is 56.9 Å². The molecule has 0 radical (unpaired) electrons. The Morgan fingerprint density at radius 3 is 2.66 bits per heavy atom. The molecule has 0 unspecified atom stereocenters. The Hall–Kier alpha value is -2.80. The molecule has 1 saturated carbocycles. The standard InChI is InChI=1S/C22H30N6O/c1-2-3-14-29-18-10-8-17(9-11-18)26-20-19(15-4-6-16(23)7-5-15)21(24)27-28-13-12-25-22(20)28/h8-13,15-16,26H,2-7,14,23H2,1H3,(H2,24,27)/t15-,16-. The second-order valence-corrected chi connectivity index (χ2v) is 7.83. The van der Waals surface area contributed by atoms with Crippen LogP contribution in [-0.4, -0.2) is 27.2 Å². The number of hydrogen-bond acceptors (Lipinski definition) is 6. The molecule has 0 amide bonds. The van der Waals surface area contributed by atoms with Gasteiger partial charge in [-0.15, -0.1) is 5.10 Å². The Morgan fingerprint density at radius 2 is 1.93 bits per heavy atom. The van der Waals surface area contributed by atoms with Crippen molar-refractivity contribution in [3.63, 3.8) is 0 Å². The number of ether oxygens (including phenoxy) is 1. The van der Waals surface area contributed by atoms with E-state index in [2.05, 4.69) is 22.3 Å².